The Morgan fingerprint density at radius 1 is 0.405 bits per heavy atom. The minimum absolute atomic E-state index is 0.860. The van der Waals surface area contributed by atoms with E-state index in [9.17, 15) is 0 Å². The fourth-order valence-electron chi connectivity index (χ4n) is 5.97. The average Bonchev–Trinajstić information content (AvgIpc) is 3.71. The number of nitrogens with zero attached hydrogens (tertiary/aromatic N) is 1. The minimum Gasteiger partial charge on any atom is -0.456 e. The van der Waals surface area contributed by atoms with Crippen molar-refractivity contribution in [3.05, 3.63) is 164 Å². The molecule has 0 atom stereocenters. The molecule has 198 valence electrons. The van der Waals surface area contributed by atoms with Crippen LogP contribution < -0.4 is 0 Å². The summed E-state index contributed by atoms with van der Waals surface area (Å²) < 4.78 is 8.68. The molecule has 0 saturated heterocycles. The summed E-state index contributed by atoms with van der Waals surface area (Å²) in [6, 6.07) is 57.8. The van der Waals surface area contributed by atoms with Crippen LogP contribution in [0.25, 0.3) is 72.4 Å². The quantitative estimate of drug-likeness (QED) is 0.213. The Morgan fingerprint density at radius 3 is 1.71 bits per heavy atom. The number of furan rings is 1. The van der Waals surface area contributed by atoms with Crippen LogP contribution in [0.5, 0.6) is 0 Å². The molecule has 0 radical (unpaired) electrons. The normalized spacial score (nSPS) is 11.3. The zero-order chi connectivity index (χ0) is 27.9. The lowest BCUT2D eigenvalue weighted by atomic mass is 9.97. The van der Waals surface area contributed by atoms with Gasteiger partial charge in [-0.05, 0) is 63.9 Å². The predicted octanol–water partition coefficient (Wildman–Crippen LogP) is 11.0. The van der Waals surface area contributed by atoms with E-state index < -0.39 is 0 Å². The minimum atomic E-state index is 0.860. The molecule has 2 heteroatoms. The number of para-hydroxylation sites is 2. The molecule has 0 aliphatic heterocycles. The third kappa shape index (κ3) is 4.22. The van der Waals surface area contributed by atoms with Crippen molar-refractivity contribution >= 4 is 21.7 Å². The van der Waals surface area contributed by atoms with Crippen LogP contribution in [0.3, 0.4) is 0 Å². The summed E-state index contributed by atoms with van der Waals surface area (Å²) in [6.45, 7) is 0. The molecule has 0 saturated carbocycles. The molecule has 0 amide bonds. The first-order valence-electron chi connectivity index (χ1n) is 14.3. The van der Waals surface area contributed by atoms with Crippen LogP contribution in [0.4, 0.5) is 0 Å². The predicted molar refractivity (Wildman–Crippen MR) is 175 cm³/mol. The van der Waals surface area contributed by atoms with Gasteiger partial charge in [0.15, 0.2) is 0 Å². The summed E-state index contributed by atoms with van der Waals surface area (Å²) in [5, 5.41) is 3.74. The van der Waals surface area contributed by atoms with E-state index in [1.54, 1.807) is 0 Å². The van der Waals surface area contributed by atoms with Crippen LogP contribution in [-0.4, -0.2) is 4.57 Å². The molecule has 0 aliphatic carbocycles. The number of benzene rings is 6. The second kappa shape index (κ2) is 10.1. The van der Waals surface area contributed by atoms with Crippen molar-refractivity contribution in [1.82, 2.24) is 4.57 Å². The van der Waals surface area contributed by atoms with Crippen molar-refractivity contribution in [3.8, 4) is 50.7 Å². The van der Waals surface area contributed by atoms with Crippen LogP contribution in [0, 0.1) is 0 Å². The molecular weight excluding hydrogens is 510 g/mol. The number of hydrogen-bond acceptors (Lipinski definition) is 1. The Bertz CT molecular complexity index is 2160. The second-order valence-electron chi connectivity index (χ2n) is 10.6. The zero-order valence-electron chi connectivity index (χ0n) is 22.9. The number of hydrogen-bond donors (Lipinski definition) is 0. The van der Waals surface area contributed by atoms with Crippen molar-refractivity contribution in [3.63, 3.8) is 0 Å². The van der Waals surface area contributed by atoms with Gasteiger partial charge in [-0.15, -0.1) is 0 Å². The molecule has 0 N–H and O–H groups in total. The molecule has 8 aromatic rings. The van der Waals surface area contributed by atoms with Gasteiger partial charge in [0.2, 0.25) is 0 Å². The van der Waals surface area contributed by atoms with Gasteiger partial charge in [0.25, 0.3) is 0 Å². The van der Waals surface area contributed by atoms with Gasteiger partial charge in [0.1, 0.15) is 11.5 Å². The highest BCUT2D eigenvalue weighted by Crippen LogP contribution is 2.35. The van der Waals surface area contributed by atoms with Gasteiger partial charge in [0, 0.05) is 22.2 Å². The summed E-state index contributed by atoms with van der Waals surface area (Å²) in [7, 11) is 0. The molecule has 8 rings (SSSR count). The second-order valence-corrected chi connectivity index (χ2v) is 10.6. The van der Waals surface area contributed by atoms with Gasteiger partial charge in [-0.25, -0.2) is 0 Å². The summed E-state index contributed by atoms with van der Waals surface area (Å²) in [6.07, 6.45) is 0. The Morgan fingerprint density at radius 2 is 0.976 bits per heavy atom. The van der Waals surface area contributed by atoms with Crippen molar-refractivity contribution in [2.45, 2.75) is 0 Å². The van der Waals surface area contributed by atoms with Gasteiger partial charge in [-0.1, -0.05) is 127 Å². The first kappa shape index (κ1) is 24.2. The zero-order valence-corrected chi connectivity index (χ0v) is 22.9. The SMILES string of the molecule is c1ccc(-n2c(-c3ccc(-c4ccc(-c5ccc(-c6cccc7ccccc67)cc5)o4)cc3)cc3ccccc32)cc1. The smallest absolute Gasteiger partial charge is 0.134 e. The first-order chi connectivity index (χ1) is 20.8. The topological polar surface area (TPSA) is 18.1 Å². The van der Waals surface area contributed by atoms with Crippen LogP contribution >= 0.6 is 0 Å². The Labute approximate surface area is 244 Å². The average molecular weight is 538 g/mol. The molecule has 42 heavy (non-hydrogen) atoms. The molecule has 2 aromatic heterocycles. The molecule has 0 fully saturated rings. The highest BCUT2D eigenvalue weighted by molar-refractivity contribution is 5.97. The van der Waals surface area contributed by atoms with Crippen LogP contribution in [0.1, 0.15) is 0 Å². The maximum atomic E-state index is 6.35. The van der Waals surface area contributed by atoms with Gasteiger partial charge in [-0.2, -0.15) is 0 Å². The lowest BCUT2D eigenvalue weighted by Crippen LogP contribution is -1.96. The van der Waals surface area contributed by atoms with E-state index in [1.165, 1.54) is 38.5 Å². The fraction of sp³-hybridized carbons (Fsp3) is 0. The largest absolute Gasteiger partial charge is 0.456 e. The van der Waals surface area contributed by atoms with E-state index in [0.717, 1.165) is 33.9 Å². The molecule has 0 bridgehead atoms. The molecule has 2 nitrogen and oxygen atoms in total. The monoisotopic (exact) mass is 537 g/mol. The summed E-state index contributed by atoms with van der Waals surface area (Å²) in [5.74, 6) is 1.72. The highest BCUT2D eigenvalue weighted by Gasteiger charge is 2.13. The van der Waals surface area contributed by atoms with Crippen LogP contribution in [0.2, 0.25) is 0 Å². The van der Waals surface area contributed by atoms with Crippen molar-refractivity contribution in [2.75, 3.05) is 0 Å². The standard InChI is InChI=1S/C40H27NO/c1-2-12-34(13-3-1)41-37-16-7-5-10-33(37)27-38(41)30-19-23-32(24-20-30)40-26-25-39(42-40)31-21-17-29(18-22-31)36-15-8-11-28-9-4-6-14-35(28)36/h1-27H. The van der Waals surface area contributed by atoms with Gasteiger partial charge in [-0.3, -0.25) is 0 Å². The first-order valence-corrected chi connectivity index (χ1v) is 14.3. The van der Waals surface area contributed by atoms with Gasteiger partial charge in [0.05, 0.1) is 11.2 Å². The number of rotatable bonds is 5. The lowest BCUT2D eigenvalue weighted by Gasteiger charge is -2.11. The van der Waals surface area contributed by atoms with E-state index in [0.29, 0.717) is 0 Å². The maximum Gasteiger partial charge on any atom is 0.134 e. The fourth-order valence-corrected chi connectivity index (χ4v) is 5.97. The van der Waals surface area contributed by atoms with Crippen LogP contribution in [-0.2, 0) is 0 Å². The van der Waals surface area contributed by atoms with E-state index in [2.05, 4.69) is 168 Å². The number of aromatic nitrogens is 1. The molecule has 0 spiro atoms. The Hall–Kier alpha value is -5.60. The summed E-state index contributed by atoms with van der Waals surface area (Å²) >= 11 is 0. The van der Waals surface area contributed by atoms with Gasteiger partial charge < -0.3 is 8.98 Å². The van der Waals surface area contributed by atoms with Crippen LogP contribution in [0.15, 0.2) is 168 Å². The summed E-state index contributed by atoms with van der Waals surface area (Å²) in [5.41, 5.74) is 9.24. The summed E-state index contributed by atoms with van der Waals surface area (Å²) in [4.78, 5) is 0. The lowest BCUT2D eigenvalue weighted by molar-refractivity contribution is 0.597. The van der Waals surface area contributed by atoms with E-state index >= 15 is 0 Å². The maximum absolute atomic E-state index is 6.35. The molecule has 2 heterocycles. The third-order valence-corrected chi connectivity index (χ3v) is 8.07. The molecule has 0 aliphatic rings. The highest BCUT2D eigenvalue weighted by atomic mass is 16.3. The van der Waals surface area contributed by atoms with Crippen molar-refractivity contribution in [1.29, 1.82) is 0 Å². The molecule has 6 aromatic carbocycles. The Balaban J connectivity index is 1.09. The van der Waals surface area contributed by atoms with Crippen molar-refractivity contribution < 1.29 is 4.42 Å². The van der Waals surface area contributed by atoms with Crippen molar-refractivity contribution in [2.24, 2.45) is 0 Å². The Kier molecular flexibility index (Phi) is 5.82. The third-order valence-electron chi connectivity index (χ3n) is 8.07. The van der Waals surface area contributed by atoms with E-state index in [-0.39, 0.29) is 0 Å². The number of fused-ring (bicyclic) bond motifs is 2. The molecule has 0 unspecified atom stereocenters. The van der Waals surface area contributed by atoms with E-state index in [1.807, 2.05) is 0 Å². The van der Waals surface area contributed by atoms with Gasteiger partial charge >= 0.3 is 0 Å². The molecular formula is C40H27NO. The van der Waals surface area contributed by atoms with E-state index in [4.69, 9.17) is 4.42 Å².